The zero-order chi connectivity index (χ0) is 14.4. The molecule has 0 aliphatic heterocycles. The molecule has 1 N–H and O–H groups in total. The second kappa shape index (κ2) is 7.72. The van der Waals surface area contributed by atoms with Gasteiger partial charge in [0.1, 0.15) is 5.75 Å². The lowest BCUT2D eigenvalue weighted by Crippen LogP contribution is -2.12. The molecule has 4 heteroatoms. The van der Waals surface area contributed by atoms with E-state index in [-0.39, 0.29) is 0 Å². The van der Waals surface area contributed by atoms with Crippen LogP contribution in [0, 0.1) is 0 Å². The van der Waals surface area contributed by atoms with Gasteiger partial charge in [0, 0.05) is 20.8 Å². The molecule has 2 nitrogen and oxygen atoms in total. The topological polar surface area (TPSA) is 21.3 Å². The van der Waals surface area contributed by atoms with Crippen LogP contribution in [-0.2, 0) is 6.54 Å². The molecule has 0 unspecified atom stereocenters. The van der Waals surface area contributed by atoms with Crippen LogP contribution in [0.1, 0.15) is 12.5 Å². The lowest BCUT2D eigenvalue weighted by Gasteiger charge is -2.10. The molecule has 0 aromatic heterocycles. The van der Waals surface area contributed by atoms with Gasteiger partial charge in [-0.25, -0.2) is 0 Å². The van der Waals surface area contributed by atoms with Gasteiger partial charge in [0.05, 0.1) is 7.11 Å². The molecule has 106 valence electrons. The van der Waals surface area contributed by atoms with Gasteiger partial charge >= 0.3 is 0 Å². The van der Waals surface area contributed by atoms with Crippen molar-refractivity contribution >= 4 is 27.7 Å². The van der Waals surface area contributed by atoms with Crippen LogP contribution in [0.5, 0.6) is 5.75 Å². The second-order valence-corrected chi connectivity index (χ2v) is 6.34. The van der Waals surface area contributed by atoms with E-state index in [1.807, 2.05) is 12.1 Å². The molecule has 0 aliphatic carbocycles. The van der Waals surface area contributed by atoms with E-state index >= 15 is 0 Å². The minimum absolute atomic E-state index is 0.886. The zero-order valence-corrected chi connectivity index (χ0v) is 14.1. The van der Waals surface area contributed by atoms with Crippen LogP contribution in [0.15, 0.2) is 56.7 Å². The van der Waals surface area contributed by atoms with Crippen LogP contribution in [-0.4, -0.2) is 13.7 Å². The van der Waals surface area contributed by atoms with Crippen molar-refractivity contribution in [2.24, 2.45) is 0 Å². The van der Waals surface area contributed by atoms with Gasteiger partial charge in [-0.2, -0.15) is 0 Å². The largest absolute Gasteiger partial charge is 0.497 e. The van der Waals surface area contributed by atoms with E-state index in [0.29, 0.717) is 0 Å². The molecule has 0 radical (unpaired) electrons. The Balaban J connectivity index is 2.19. The van der Waals surface area contributed by atoms with Crippen molar-refractivity contribution in [3.63, 3.8) is 0 Å². The Morgan fingerprint density at radius 1 is 1.15 bits per heavy atom. The van der Waals surface area contributed by atoms with Crippen LogP contribution in [0.25, 0.3) is 0 Å². The first kappa shape index (κ1) is 15.4. The number of halogens is 1. The molecule has 0 aliphatic rings. The van der Waals surface area contributed by atoms with Gasteiger partial charge in [-0.3, -0.25) is 0 Å². The van der Waals surface area contributed by atoms with Gasteiger partial charge in [-0.1, -0.05) is 40.7 Å². The quantitative estimate of drug-likeness (QED) is 0.813. The highest BCUT2D eigenvalue weighted by Crippen LogP contribution is 2.33. The predicted molar refractivity (Wildman–Crippen MR) is 88.6 cm³/mol. The van der Waals surface area contributed by atoms with E-state index in [0.717, 1.165) is 23.3 Å². The van der Waals surface area contributed by atoms with E-state index in [4.69, 9.17) is 4.74 Å². The average Bonchev–Trinajstić information content (AvgIpc) is 2.47. The Labute approximate surface area is 133 Å². The van der Waals surface area contributed by atoms with E-state index in [2.05, 4.69) is 58.5 Å². The van der Waals surface area contributed by atoms with Crippen LogP contribution in [0.4, 0.5) is 0 Å². The molecule has 0 saturated heterocycles. The summed E-state index contributed by atoms with van der Waals surface area (Å²) >= 11 is 5.32. The summed E-state index contributed by atoms with van der Waals surface area (Å²) in [4.78, 5) is 2.48. The maximum absolute atomic E-state index is 5.19. The summed E-state index contributed by atoms with van der Waals surface area (Å²) in [5.41, 5.74) is 1.32. The SMILES string of the molecule is CCNCc1ccc(Br)cc1Sc1ccc(OC)cc1. The minimum atomic E-state index is 0.886. The summed E-state index contributed by atoms with van der Waals surface area (Å²) in [5, 5.41) is 3.38. The van der Waals surface area contributed by atoms with Gasteiger partial charge < -0.3 is 10.1 Å². The molecule has 20 heavy (non-hydrogen) atoms. The molecule has 0 amide bonds. The maximum atomic E-state index is 5.19. The molecule has 0 fully saturated rings. The number of ether oxygens (including phenoxy) is 1. The van der Waals surface area contributed by atoms with Crippen molar-refractivity contribution in [3.05, 3.63) is 52.5 Å². The highest BCUT2D eigenvalue weighted by molar-refractivity contribution is 9.10. The summed E-state index contributed by atoms with van der Waals surface area (Å²) in [6, 6.07) is 14.6. The van der Waals surface area contributed by atoms with Crippen LogP contribution in [0.2, 0.25) is 0 Å². The van der Waals surface area contributed by atoms with E-state index in [9.17, 15) is 0 Å². The number of methoxy groups -OCH3 is 1. The fraction of sp³-hybridized carbons (Fsp3) is 0.250. The smallest absolute Gasteiger partial charge is 0.118 e. The maximum Gasteiger partial charge on any atom is 0.118 e. The monoisotopic (exact) mass is 351 g/mol. The van der Waals surface area contributed by atoms with Gasteiger partial charge in [0.25, 0.3) is 0 Å². The van der Waals surface area contributed by atoms with Crippen LogP contribution in [0.3, 0.4) is 0 Å². The highest BCUT2D eigenvalue weighted by atomic mass is 79.9. The van der Waals surface area contributed by atoms with Crippen LogP contribution >= 0.6 is 27.7 Å². The molecule has 0 spiro atoms. The number of hydrogen-bond donors (Lipinski definition) is 1. The van der Waals surface area contributed by atoms with Crippen molar-refractivity contribution in [3.8, 4) is 5.75 Å². The van der Waals surface area contributed by atoms with Gasteiger partial charge in [-0.15, -0.1) is 0 Å². The van der Waals surface area contributed by atoms with Crippen molar-refractivity contribution in [1.82, 2.24) is 5.32 Å². The van der Waals surface area contributed by atoms with E-state index in [1.54, 1.807) is 18.9 Å². The van der Waals surface area contributed by atoms with Crippen LogP contribution < -0.4 is 10.1 Å². The van der Waals surface area contributed by atoms with Crippen molar-refractivity contribution in [2.45, 2.75) is 23.3 Å². The van der Waals surface area contributed by atoms with Gasteiger partial charge in [-0.05, 0) is 48.5 Å². The first-order valence-electron chi connectivity index (χ1n) is 6.54. The van der Waals surface area contributed by atoms with Gasteiger partial charge in [0.2, 0.25) is 0 Å². The summed E-state index contributed by atoms with van der Waals surface area (Å²) in [6.07, 6.45) is 0. The third-order valence-corrected chi connectivity index (χ3v) is 4.48. The summed E-state index contributed by atoms with van der Waals surface area (Å²) in [5.74, 6) is 0.886. The van der Waals surface area contributed by atoms with E-state index < -0.39 is 0 Å². The Morgan fingerprint density at radius 2 is 1.90 bits per heavy atom. The lowest BCUT2D eigenvalue weighted by atomic mass is 10.2. The Bertz CT molecular complexity index is 557. The number of rotatable bonds is 6. The van der Waals surface area contributed by atoms with Crippen molar-refractivity contribution < 1.29 is 4.74 Å². The van der Waals surface area contributed by atoms with Gasteiger partial charge in [0.15, 0.2) is 0 Å². The first-order chi connectivity index (χ1) is 9.72. The normalized spacial score (nSPS) is 10.6. The predicted octanol–water partition coefficient (Wildman–Crippen LogP) is 4.72. The molecule has 2 aromatic rings. The summed E-state index contributed by atoms with van der Waals surface area (Å²) in [7, 11) is 1.69. The lowest BCUT2D eigenvalue weighted by molar-refractivity contribution is 0.414. The first-order valence-corrected chi connectivity index (χ1v) is 8.15. The third-order valence-electron chi connectivity index (χ3n) is 2.88. The highest BCUT2D eigenvalue weighted by Gasteiger charge is 2.05. The fourth-order valence-corrected chi connectivity index (χ4v) is 3.30. The Kier molecular flexibility index (Phi) is 5.95. The second-order valence-electron chi connectivity index (χ2n) is 4.31. The summed E-state index contributed by atoms with van der Waals surface area (Å²) < 4.78 is 6.29. The molecule has 0 heterocycles. The average molecular weight is 352 g/mol. The molecule has 0 saturated carbocycles. The number of nitrogens with one attached hydrogen (secondary N) is 1. The molecule has 2 aromatic carbocycles. The Morgan fingerprint density at radius 3 is 2.55 bits per heavy atom. The van der Waals surface area contributed by atoms with Crippen molar-refractivity contribution in [1.29, 1.82) is 0 Å². The fourth-order valence-electron chi connectivity index (χ4n) is 1.80. The Hall–Kier alpha value is -0.970. The molecule has 2 rings (SSSR count). The molecule has 0 atom stereocenters. The number of hydrogen-bond acceptors (Lipinski definition) is 3. The molecular formula is C16H18BrNOS. The summed E-state index contributed by atoms with van der Waals surface area (Å²) in [6.45, 7) is 3.99. The van der Waals surface area contributed by atoms with E-state index in [1.165, 1.54) is 15.4 Å². The zero-order valence-electron chi connectivity index (χ0n) is 11.7. The molecule has 0 bridgehead atoms. The number of benzene rings is 2. The molecular weight excluding hydrogens is 334 g/mol. The standard InChI is InChI=1S/C16H18BrNOS/c1-3-18-11-12-4-5-13(17)10-16(12)20-15-8-6-14(19-2)7-9-15/h4-10,18H,3,11H2,1-2H3. The third kappa shape index (κ3) is 4.27. The minimum Gasteiger partial charge on any atom is -0.497 e. The van der Waals surface area contributed by atoms with Crippen molar-refractivity contribution in [2.75, 3.05) is 13.7 Å².